The molecule has 1 heterocycles. The Morgan fingerprint density at radius 1 is 0.872 bits per heavy atom. The number of carbonyl (C=O) groups excluding carboxylic acids is 3. The van der Waals surface area contributed by atoms with Crippen LogP contribution in [0.15, 0.2) is 0 Å². The molecule has 0 aromatic rings. The third kappa shape index (κ3) is 12.1. The third-order valence-electron chi connectivity index (χ3n) is 6.87. The Hall–Kier alpha value is -1.83. The van der Waals surface area contributed by atoms with Crippen LogP contribution in [0.2, 0.25) is 0 Å². The van der Waals surface area contributed by atoms with Crippen LogP contribution in [0, 0.1) is 10.8 Å². The van der Waals surface area contributed by atoms with Crippen molar-refractivity contribution in [3.63, 3.8) is 0 Å². The Morgan fingerprint density at radius 3 is 1.97 bits per heavy atom. The summed E-state index contributed by atoms with van der Waals surface area (Å²) >= 11 is 0. The Bertz CT molecular complexity index is 764. The van der Waals surface area contributed by atoms with E-state index in [1.54, 1.807) is 7.11 Å². The summed E-state index contributed by atoms with van der Waals surface area (Å²) in [6.45, 7) is 10.7. The molecule has 228 valence electrons. The SMILES string of the molecule is COCCCNC(=O)C(C)(C)CC(C)(C)C(=O)NCCCCCCOC1OC(CN)C(O)C(O)C1NC(C)=O. The standard InChI is InChI=1S/C27H52N4O8/c1-18(32)31-20-22(34)21(33)19(16-28)39-23(20)38-15-10-8-7-9-12-29-24(35)26(2,3)17-27(4,5)25(36)30-13-11-14-37-6/h19-23,33-34H,7-17,28H2,1-6H3,(H,29,35)(H,30,36)(H,31,32). The quantitative estimate of drug-likeness (QED) is 0.127. The number of nitrogens with one attached hydrogen (secondary N) is 3. The van der Waals surface area contributed by atoms with Crippen molar-refractivity contribution in [3.8, 4) is 0 Å². The fraction of sp³-hybridized carbons (Fsp3) is 0.889. The van der Waals surface area contributed by atoms with Crippen LogP contribution in [-0.2, 0) is 28.6 Å². The van der Waals surface area contributed by atoms with Gasteiger partial charge in [-0.3, -0.25) is 14.4 Å². The number of methoxy groups -OCH3 is 1. The zero-order valence-electron chi connectivity index (χ0n) is 24.6. The van der Waals surface area contributed by atoms with Gasteiger partial charge in [0, 0.05) is 57.7 Å². The van der Waals surface area contributed by atoms with E-state index in [4.69, 9.17) is 19.9 Å². The van der Waals surface area contributed by atoms with Crippen molar-refractivity contribution in [2.45, 2.75) is 104 Å². The highest BCUT2D eigenvalue weighted by molar-refractivity contribution is 5.85. The van der Waals surface area contributed by atoms with Gasteiger partial charge in [0.25, 0.3) is 0 Å². The monoisotopic (exact) mass is 560 g/mol. The molecule has 0 saturated carbocycles. The van der Waals surface area contributed by atoms with E-state index in [1.807, 2.05) is 27.7 Å². The minimum atomic E-state index is -1.25. The molecular formula is C27H52N4O8. The molecule has 1 fully saturated rings. The summed E-state index contributed by atoms with van der Waals surface area (Å²) in [5, 5.41) is 29.0. The molecule has 1 aliphatic rings. The lowest BCUT2D eigenvalue weighted by Gasteiger charge is -2.42. The van der Waals surface area contributed by atoms with Gasteiger partial charge in [0.15, 0.2) is 6.29 Å². The first-order valence-electron chi connectivity index (χ1n) is 13.9. The van der Waals surface area contributed by atoms with E-state index in [2.05, 4.69) is 16.0 Å². The zero-order valence-corrected chi connectivity index (χ0v) is 24.6. The first-order valence-corrected chi connectivity index (χ1v) is 13.9. The molecule has 1 aliphatic heterocycles. The molecule has 0 bridgehead atoms. The fourth-order valence-corrected chi connectivity index (χ4v) is 4.80. The first kappa shape index (κ1) is 35.2. The van der Waals surface area contributed by atoms with Gasteiger partial charge in [-0.1, -0.05) is 40.5 Å². The maximum Gasteiger partial charge on any atom is 0.225 e. The highest BCUT2D eigenvalue weighted by atomic mass is 16.7. The number of hydrogen-bond donors (Lipinski definition) is 6. The van der Waals surface area contributed by atoms with Crippen molar-refractivity contribution >= 4 is 17.7 Å². The van der Waals surface area contributed by atoms with E-state index in [0.29, 0.717) is 39.1 Å². The minimum Gasteiger partial charge on any atom is -0.388 e. The van der Waals surface area contributed by atoms with Gasteiger partial charge in [-0.25, -0.2) is 0 Å². The number of aliphatic hydroxyl groups is 2. The highest BCUT2D eigenvalue weighted by Gasteiger charge is 2.45. The summed E-state index contributed by atoms with van der Waals surface area (Å²) in [7, 11) is 1.62. The summed E-state index contributed by atoms with van der Waals surface area (Å²) in [5.74, 6) is -0.530. The average Bonchev–Trinajstić information content (AvgIpc) is 2.86. The topological polar surface area (TPSA) is 181 Å². The number of amides is 3. The lowest BCUT2D eigenvalue weighted by Crippen LogP contribution is -2.65. The van der Waals surface area contributed by atoms with Crippen molar-refractivity contribution in [1.82, 2.24) is 16.0 Å². The predicted molar refractivity (Wildman–Crippen MR) is 146 cm³/mol. The van der Waals surface area contributed by atoms with Crippen LogP contribution in [0.3, 0.4) is 0 Å². The van der Waals surface area contributed by atoms with Crippen LogP contribution in [0.4, 0.5) is 0 Å². The van der Waals surface area contributed by atoms with Gasteiger partial charge in [-0.15, -0.1) is 0 Å². The molecule has 7 N–H and O–H groups in total. The zero-order chi connectivity index (χ0) is 29.6. The second kappa shape index (κ2) is 17.1. The van der Waals surface area contributed by atoms with Gasteiger partial charge in [-0.05, 0) is 25.7 Å². The number of carbonyl (C=O) groups is 3. The van der Waals surface area contributed by atoms with Crippen molar-refractivity contribution in [3.05, 3.63) is 0 Å². The summed E-state index contributed by atoms with van der Waals surface area (Å²) < 4.78 is 16.4. The van der Waals surface area contributed by atoms with Crippen molar-refractivity contribution in [1.29, 1.82) is 0 Å². The molecular weight excluding hydrogens is 508 g/mol. The van der Waals surface area contributed by atoms with E-state index in [1.165, 1.54) is 6.92 Å². The largest absolute Gasteiger partial charge is 0.388 e. The first-order chi connectivity index (χ1) is 18.3. The van der Waals surface area contributed by atoms with Gasteiger partial charge in [-0.2, -0.15) is 0 Å². The molecule has 12 heteroatoms. The second-order valence-electron chi connectivity index (χ2n) is 11.6. The molecule has 1 saturated heterocycles. The van der Waals surface area contributed by atoms with Gasteiger partial charge >= 0.3 is 0 Å². The van der Waals surface area contributed by atoms with Gasteiger partial charge in [0.05, 0.1) is 0 Å². The molecule has 0 aromatic heterocycles. The van der Waals surface area contributed by atoms with E-state index in [0.717, 1.165) is 25.7 Å². The maximum atomic E-state index is 12.8. The van der Waals surface area contributed by atoms with Crippen LogP contribution in [0.25, 0.3) is 0 Å². The molecule has 5 unspecified atom stereocenters. The Balaban J connectivity index is 2.34. The fourth-order valence-electron chi connectivity index (χ4n) is 4.80. The number of hydrogen-bond acceptors (Lipinski definition) is 9. The lowest BCUT2D eigenvalue weighted by atomic mass is 9.74. The molecule has 0 spiro atoms. The third-order valence-corrected chi connectivity index (χ3v) is 6.87. The summed E-state index contributed by atoms with van der Waals surface area (Å²) in [5.41, 5.74) is 4.22. The number of ether oxygens (including phenoxy) is 3. The highest BCUT2D eigenvalue weighted by Crippen LogP contribution is 2.34. The van der Waals surface area contributed by atoms with Crippen LogP contribution >= 0.6 is 0 Å². The van der Waals surface area contributed by atoms with Crippen LogP contribution in [0.5, 0.6) is 0 Å². The van der Waals surface area contributed by atoms with Gasteiger partial charge in [0.1, 0.15) is 24.4 Å². The Kier molecular flexibility index (Phi) is 15.4. The van der Waals surface area contributed by atoms with Gasteiger partial charge < -0.3 is 46.1 Å². The second-order valence-corrected chi connectivity index (χ2v) is 11.6. The van der Waals surface area contributed by atoms with E-state index >= 15 is 0 Å². The molecule has 5 atom stereocenters. The average molecular weight is 561 g/mol. The van der Waals surface area contributed by atoms with Crippen molar-refractivity contribution in [2.24, 2.45) is 16.6 Å². The van der Waals surface area contributed by atoms with Crippen LogP contribution in [0.1, 0.15) is 73.1 Å². The van der Waals surface area contributed by atoms with Crippen LogP contribution in [-0.4, -0.2) is 98.5 Å². The number of rotatable bonds is 18. The smallest absolute Gasteiger partial charge is 0.225 e. The summed E-state index contributed by atoms with van der Waals surface area (Å²) in [6, 6.07) is -0.898. The van der Waals surface area contributed by atoms with Crippen LogP contribution < -0.4 is 21.7 Å². The summed E-state index contributed by atoms with van der Waals surface area (Å²) in [6.07, 6.45) is 0.191. The van der Waals surface area contributed by atoms with Crippen molar-refractivity contribution < 1.29 is 38.8 Å². The van der Waals surface area contributed by atoms with E-state index in [-0.39, 0.29) is 24.3 Å². The summed E-state index contributed by atoms with van der Waals surface area (Å²) in [4.78, 5) is 36.9. The molecule has 0 radical (unpaired) electrons. The molecule has 1 rings (SSSR count). The van der Waals surface area contributed by atoms with E-state index < -0.39 is 41.5 Å². The molecule has 0 aliphatic carbocycles. The number of aliphatic hydroxyl groups excluding tert-OH is 2. The molecule has 0 aromatic carbocycles. The lowest BCUT2D eigenvalue weighted by molar-refractivity contribution is -0.262. The molecule has 39 heavy (non-hydrogen) atoms. The van der Waals surface area contributed by atoms with Crippen molar-refractivity contribution in [2.75, 3.05) is 40.0 Å². The van der Waals surface area contributed by atoms with Gasteiger partial charge in [0.2, 0.25) is 17.7 Å². The van der Waals surface area contributed by atoms with E-state index in [9.17, 15) is 24.6 Å². The maximum absolute atomic E-state index is 12.8. The Morgan fingerprint density at radius 2 is 1.44 bits per heavy atom. The predicted octanol–water partition coefficient (Wildman–Crippen LogP) is 0.185. The number of nitrogens with two attached hydrogens (primary N) is 1. The Labute approximate surface area is 233 Å². The normalized spacial score (nSPS) is 23.8. The minimum absolute atomic E-state index is 0.00692. The molecule has 12 nitrogen and oxygen atoms in total. The number of unbranched alkanes of at least 4 members (excludes halogenated alkanes) is 3. The molecule has 3 amide bonds.